The quantitative estimate of drug-likeness (QED) is 0.778. The van der Waals surface area contributed by atoms with Gasteiger partial charge in [0.05, 0.1) is 4.47 Å². The summed E-state index contributed by atoms with van der Waals surface area (Å²) in [7, 11) is 0. The van der Waals surface area contributed by atoms with Gasteiger partial charge in [-0.1, -0.05) is 33.3 Å². The highest BCUT2D eigenvalue weighted by Crippen LogP contribution is 2.20. The Bertz CT molecular complexity index is 368. The number of hydrogen-bond donors (Lipinski definition) is 1. The van der Waals surface area contributed by atoms with Crippen LogP contribution in [0.2, 0.25) is 0 Å². The monoisotopic (exact) mass is 315 g/mol. The average Bonchev–Trinajstić information content (AvgIpc) is 2.37. The van der Waals surface area contributed by atoms with Crippen molar-refractivity contribution in [1.82, 2.24) is 5.32 Å². The fraction of sp³-hybridized carbons (Fsp3) is 0.600. The van der Waals surface area contributed by atoms with E-state index in [0.29, 0.717) is 16.4 Å². The zero-order valence-corrected chi connectivity index (χ0v) is 13.1. The van der Waals surface area contributed by atoms with Gasteiger partial charge in [-0.15, -0.1) is 0 Å². The van der Waals surface area contributed by atoms with Gasteiger partial charge >= 0.3 is 0 Å². The van der Waals surface area contributed by atoms with Gasteiger partial charge in [0.1, 0.15) is 5.82 Å². The number of halogens is 2. The van der Waals surface area contributed by atoms with Gasteiger partial charge in [0.25, 0.3) is 0 Å². The maximum Gasteiger partial charge on any atom is 0.137 e. The summed E-state index contributed by atoms with van der Waals surface area (Å²) in [5.74, 6) is 0.431. The highest BCUT2D eigenvalue weighted by atomic mass is 79.9. The number of rotatable bonds is 7. The first kappa shape index (κ1) is 15.6. The minimum absolute atomic E-state index is 0.194. The fourth-order valence-electron chi connectivity index (χ4n) is 2.01. The van der Waals surface area contributed by atoms with E-state index in [1.807, 2.05) is 12.1 Å². The topological polar surface area (TPSA) is 12.0 Å². The molecule has 0 heterocycles. The third-order valence-corrected chi connectivity index (χ3v) is 4.03. The van der Waals surface area contributed by atoms with Crippen molar-refractivity contribution in [2.75, 3.05) is 6.54 Å². The van der Waals surface area contributed by atoms with Crippen molar-refractivity contribution >= 4 is 15.9 Å². The first-order valence-corrected chi connectivity index (χ1v) is 7.55. The van der Waals surface area contributed by atoms with Crippen LogP contribution in [0, 0.1) is 11.7 Å². The molecule has 0 bridgehead atoms. The van der Waals surface area contributed by atoms with Crippen molar-refractivity contribution in [3.05, 3.63) is 34.1 Å². The Balaban J connectivity index is 2.71. The second-order valence-corrected chi connectivity index (χ2v) is 5.75. The number of nitrogens with one attached hydrogen (secondary N) is 1. The molecule has 0 aliphatic carbocycles. The molecule has 1 nitrogen and oxygen atoms in total. The summed E-state index contributed by atoms with van der Waals surface area (Å²) in [6.45, 7) is 7.70. The summed E-state index contributed by atoms with van der Waals surface area (Å²) >= 11 is 3.25. The largest absolute Gasteiger partial charge is 0.313 e. The lowest BCUT2D eigenvalue weighted by Gasteiger charge is -2.24. The molecule has 18 heavy (non-hydrogen) atoms. The lowest BCUT2D eigenvalue weighted by molar-refractivity contribution is 0.365. The van der Waals surface area contributed by atoms with E-state index in [-0.39, 0.29) is 5.82 Å². The highest BCUT2D eigenvalue weighted by molar-refractivity contribution is 9.10. The predicted octanol–water partition coefficient (Wildman–Crippen LogP) is 4.55. The van der Waals surface area contributed by atoms with Crippen LogP contribution >= 0.6 is 15.9 Å². The van der Waals surface area contributed by atoms with Crippen LogP contribution in [0.15, 0.2) is 22.7 Å². The second-order valence-electron chi connectivity index (χ2n) is 4.90. The van der Waals surface area contributed by atoms with Crippen molar-refractivity contribution in [3.63, 3.8) is 0 Å². The molecule has 102 valence electrons. The van der Waals surface area contributed by atoms with E-state index in [1.54, 1.807) is 0 Å². The van der Waals surface area contributed by atoms with E-state index < -0.39 is 0 Å². The summed E-state index contributed by atoms with van der Waals surface area (Å²) in [5.41, 5.74) is 1.18. The van der Waals surface area contributed by atoms with E-state index in [0.717, 1.165) is 25.8 Å². The summed E-state index contributed by atoms with van der Waals surface area (Å²) < 4.78 is 13.8. The van der Waals surface area contributed by atoms with Crippen molar-refractivity contribution in [2.24, 2.45) is 5.92 Å². The first-order valence-electron chi connectivity index (χ1n) is 6.75. The summed E-state index contributed by atoms with van der Waals surface area (Å²) in [6.07, 6.45) is 3.25. The van der Waals surface area contributed by atoms with Gasteiger partial charge < -0.3 is 5.32 Å². The summed E-state index contributed by atoms with van der Waals surface area (Å²) in [6, 6.07) is 5.77. The molecule has 0 saturated heterocycles. The lowest BCUT2D eigenvalue weighted by atomic mass is 9.93. The molecule has 3 heteroatoms. The standard InChI is InChI=1S/C15H23BrFN/c1-4-8-18-15(11(3)5-2)10-12-6-7-14(17)13(16)9-12/h6-7,9,11,15,18H,4-5,8,10H2,1-3H3. The molecule has 0 aliphatic rings. The van der Waals surface area contributed by atoms with Crippen molar-refractivity contribution < 1.29 is 4.39 Å². The summed E-state index contributed by atoms with van der Waals surface area (Å²) in [5, 5.41) is 3.59. The summed E-state index contributed by atoms with van der Waals surface area (Å²) in [4.78, 5) is 0. The van der Waals surface area contributed by atoms with E-state index in [9.17, 15) is 4.39 Å². The van der Waals surface area contributed by atoms with Crippen LogP contribution < -0.4 is 5.32 Å². The van der Waals surface area contributed by atoms with Crippen LogP contribution in [-0.2, 0) is 6.42 Å². The van der Waals surface area contributed by atoms with Gasteiger partial charge in [0.15, 0.2) is 0 Å². The van der Waals surface area contributed by atoms with Crippen LogP contribution in [0.3, 0.4) is 0 Å². The number of hydrogen-bond acceptors (Lipinski definition) is 1. The zero-order valence-electron chi connectivity index (χ0n) is 11.5. The van der Waals surface area contributed by atoms with Gasteiger partial charge in [-0.25, -0.2) is 4.39 Å². The third kappa shape index (κ3) is 4.69. The van der Waals surface area contributed by atoms with Crippen molar-refractivity contribution in [1.29, 1.82) is 0 Å². The Labute approximate surface area is 118 Å². The molecule has 0 radical (unpaired) electrons. The Morgan fingerprint density at radius 1 is 1.33 bits per heavy atom. The molecule has 1 rings (SSSR count). The first-order chi connectivity index (χ1) is 8.58. The van der Waals surface area contributed by atoms with Gasteiger partial charge in [-0.05, 0) is 58.9 Å². The van der Waals surface area contributed by atoms with E-state index >= 15 is 0 Å². The minimum Gasteiger partial charge on any atom is -0.313 e. The molecular formula is C15H23BrFN. The predicted molar refractivity (Wildman–Crippen MR) is 79.3 cm³/mol. The normalized spacial score (nSPS) is 14.5. The average molecular weight is 316 g/mol. The SMILES string of the molecule is CCCNC(Cc1ccc(F)c(Br)c1)C(C)CC. The van der Waals surface area contributed by atoms with Crippen LogP contribution in [0.1, 0.15) is 39.2 Å². The van der Waals surface area contributed by atoms with Crippen molar-refractivity contribution in [2.45, 2.75) is 46.1 Å². The fourth-order valence-corrected chi connectivity index (χ4v) is 2.44. The van der Waals surface area contributed by atoms with E-state index in [1.165, 1.54) is 11.6 Å². The Morgan fingerprint density at radius 3 is 2.61 bits per heavy atom. The molecule has 2 atom stereocenters. The van der Waals surface area contributed by atoms with Crippen LogP contribution in [0.5, 0.6) is 0 Å². The minimum atomic E-state index is -0.194. The van der Waals surface area contributed by atoms with Crippen molar-refractivity contribution in [3.8, 4) is 0 Å². The molecule has 0 fully saturated rings. The van der Waals surface area contributed by atoms with Gasteiger partial charge in [0, 0.05) is 6.04 Å². The molecule has 1 N–H and O–H groups in total. The maximum atomic E-state index is 13.2. The molecule has 1 aromatic carbocycles. The van der Waals surface area contributed by atoms with Crippen LogP contribution in [-0.4, -0.2) is 12.6 Å². The lowest BCUT2D eigenvalue weighted by Crippen LogP contribution is -2.37. The molecular weight excluding hydrogens is 293 g/mol. The van der Waals surface area contributed by atoms with Crippen LogP contribution in [0.25, 0.3) is 0 Å². The molecule has 2 unspecified atom stereocenters. The number of benzene rings is 1. The van der Waals surface area contributed by atoms with E-state index in [4.69, 9.17) is 0 Å². The third-order valence-electron chi connectivity index (χ3n) is 3.43. The van der Waals surface area contributed by atoms with Gasteiger partial charge in [0.2, 0.25) is 0 Å². The second kappa shape index (κ2) is 7.90. The Hall–Kier alpha value is -0.410. The van der Waals surface area contributed by atoms with E-state index in [2.05, 4.69) is 42.0 Å². The maximum absolute atomic E-state index is 13.2. The Morgan fingerprint density at radius 2 is 2.06 bits per heavy atom. The zero-order chi connectivity index (χ0) is 13.5. The van der Waals surface area contributed by atoms with Gasteiger partial charge in [-0.3, -0.25) is 0 Å². The smallest absolute Gasteiger partial charge is 0.137 e. The highest BCUT2D eigenvalue weighted by Gasteiger charge is 2.15. The Kier molecular flexibility index (Phi) is 6.87. The molecule has 0 saturated carbocycles. The molecule has 0 aromatic heterocycles. The van der Waals surface area contributed by atoms with Gasteiger partial charge in [-0.2, -0.15) is 0 Å². The molecule has 0 amide bonds. The van der Waals surface area contributed by atoms with Crippen LogP contribution in [0.4, 0.5) is 4.39 Å². The molecule has 0 spiro atoms. The molecule has 1 aromatic rings. The molecule has 0 aliphatic heterocycles.